The number of amides is 2. The quantitative estimate of drug-likeness (QED) is 0.479. The summed E-state index contributed by atoms with van der Waals surface area (Å²) in [6.45, 7) is 2.20. The van der Waals surface area contributed by atoms with Gasteiger partial charge in [-0.15, -0.1) is 11.3 Å². The van der Waals surface area contributed by atoms with E-state index in [1.54, 1.807) is 12.1 Å². The van der Waals surface area contributed by atoms with Gasteiger partial charge >= 0.3 is 0 Å². The van der Waals surface area contributed by atoms with Crippen molar-refractivity contribution in [3.8, 4) is 0 Å². The molecule has 0 saturated carbocycles. The fourth-order valence-electron chi connectivity index (χ4n) is 3.00. The lowest BCUT2D eigenvalue weighted by atomic mass is 9.90. The van der Waals surface area contributed by atoms with Crippen LogP contribution in [0.2, 0.25) is 0 Å². The van der Waals surface area contributed by atoms with E-state index in [1.165, 1.54) is 40.0 Å². The fraction of sp³-hybridized carbons (Fsp3) is 0.263. The first-order valence-corrected chi connectivity index (χ1v) is 9.39. The van der Waals surface area contributed by atoms with Crippen molar-refractivity contribution in [2.24, 2.45) is 5.92 Å². The smallest absolute Gasteiger partial charge is 0.268 e. The van der Waals surface area contributed by atoms with Crippen molar-refractivity contribution in [1.82, 2.24) is 10.9 Å². The number of hydrogen-bond donors (Lipinski definition) is 2. The number of nitrogens with zero attached hydrogens (tertiary/aromatic N) is 1. The van der Waals surface area contributed by atoms with Gasteiger partial charge in [0.15, 0.2) is 0 Å². The zero-order valence-corrected chi connectivity index (χ0v) is 15.5. The Morgan fingerprint density at radius 3 is 2.85 bits per heavy atom. The summed E-state index contributed by atoms with van der Waals surface area (Å²) in [5, 5.41) is 11.0. The van der Waals surface area contributed by atoms with Crippen molar-refractivity contribution in [3.05, 3.63) is 67.4 Å². The highest BCUT2D eigenvalue weighted by molar-refractivity contribution is 7.14. The molecule has 0 fully saturated rings. The molecule has 1 heterocycles. The number of hydrazine groups is 1. The van der Waals surface area contributed by atoms with E-state index in [0.29, 0.717) is 16.4 Å². The Hall–Kier alpha value is -3.00. The van der Waals surface area contributed by atoms with Gasteiger partial charge in [0.1, 0.15) is 0 Å². The van der Waals surface area contributed by atoms with E-state index in [2.05, 4.69) is 17.8 Å². The Balaban J connectivity index is 1.58. The van der Waals surface area contributed by atoms with Crippen LogP contribution in [0.3, 0.4) is 0 Å². The number of carbonyl (C=O) groups excluding carboxylic acids is 2. The highest BCUT2D eigenvalue weighted by Gasteiger charge is 2.20. The summed E-state index contributed by atoms with van der Waals surface area (Å²) in [5.41, 5.74) is 6.11. The average molecular weight is 385 g/mol. The Morgan fingerprint density at radius 2 is 2.07 bits per heavy atom. The van der Waals surface area contributed by atoms with Crippen molar-refractivity contribution in [2.75, 3.05) is 0 Å². The van der Waals surface area contributed by atoms with Gasteiger partial charge in [-0.2, -0.15) is 0 Å². The van der Waals surface area contributed by atoms with E-state index in [9.17, 15) is 19.7 Å². The molecule has 0 bridgehead atoms. The number of rotatable bonds is 4. The molecular weight excluding hydrogens is 366 g/mol. The number of nitro groups is 1. The lowest BCUT2D eigenvalue weighted by Crippen LogP contribution is -2.40. The molecule has 1 atom stereocenters. The van der Waals surface area contributed by atoms with Crippen LogP contribution in [0.25, 0.3) is 6.08 Å². The van der Waals surface area contributed by atoms with Crippen LogP contribution in [0.4, 0.5) is 5.69 Å². The predicted octanol–water partition coefficient (Wildman–Crippen LogP) is 3.26. The normalized spacial score (nSPS) is 16.0. The van der Waals surface area contributed by atoms with Crippen molar-refractivity contribution >= 4 is 34.9 Å². The summed E-state index contributed by atoms with van der Waals surface area (Å²) in [7, 11) is 0. The largest absolute Gasteiger partial charge is 0.279 e. The van der Waals surface area contributed by atoms with Crippen LogP contribution in [0.5, 0.6) is 0 Å². The predicted molar refractivity (Wildman–Crippen MR) is 103 cm³/mol. The second-order valence-electron chi connectivity index (χ2n) is 6.50. The summed E-state index contributed by atoms with van der Waals surface area (Å²) in [6.07, 6.45) is 5.57. The number of hydrogen-bond acceptors (Lipinski definition) is 5. The molecule has 27 heavy (non-hydrogen) atoms. The van der Waals surface area contributed by atoms with E-state index >= 15 is 0 Å². The van der Waals surface area contributed by atoms with Gasteiger partial charge in [-0.25, -0.2) is 0 Å². The third kappa shape index (κ3) is 4.59. The number of nitrogens with one attached hydrogen (secondary N) is 2. The topological polar surface area (TPSA) is 101 Å². The zero-order chi connectivity index (χ0) is 19.4. The molecule has 0 aliphatic heterocycles. The molecule has 2 N–H and O–H groups in total. The standard InChI is InChI=1S/C19H19N3O4S/c1-12-6-8-16-14(10-12)11-17(27-16)19(24)21-20-18(23)9-7-13-4-2-3-5-15(13)22(25)26/h2-5,7,9,11-12H,6,8,10H2,1H3,(H,20,23)(H,21,24). The average Bonchev–Trinajstić information content (AvgIpc) is 3.07. The highest BCUT2D eigenvalue weighted by Crippen LogP contribution is 2.32. The number of thiophene rings is 1. The first kappa shape index (κ1) is 18.8. The number of carbonyl (C=O) groups is 2. The maximum atomic E-state index is 12.2. The summed E-state index contributed by atoms with van der Waals surface area (Å²) >= 11 is 1.46. The van der Waals surface area contributed by atoms with Crippen molar-refractivity contribution in [2.45, 2.75) is 26.2 Å². The van der Waals surface area contributed by atoms with Crippen LogP contribution in [0, 0.1) is 16.0 Å². The Morgan fingerprint density at radius 1 is 1.30 bits per heavy atom. The molecule has 140 valence electrons. The van der Waals surface area contributed by atoms with Gasteiger partial charge in [-0.1, -0.05) is 19.1 Å². The van der Waals surface area contributed by atoms with Crippen LogP contribution in [0.15, 0.2) is 36.4 Å². The van der Waals surface area contributed by atoms with Crippen LogP contribution in [-0.4, -0.2) is 16.7 Å². The number of benzene rings is 1. The lowest BCUT2D eigenvalue weighted by molar-refractivity contribution is -0.385. The van der Waals surface area contributed by atoms with Gasteiger partial charge in [0, 0.05) is 17.0 Å². The molecule has 1 aliphatic carbocycles. The van der Waals surface area contributed by atoms with Crippen molar-refractivity contribution in [3.63, 3.8) is 0 Å². The molecule has 1 unspecified atom stereocenters. The molecular formula is C19H19N3O4S. The van der Waals surface area contributed by atoms with Gasteiger partial charge < -0.3 is 0 Å². The maximum absolute atomic E-state index is 12.2. The molecule has 0 radical (unpaired) electrons. The molecule has 3 rings (SSSR count). The minimum Gasteiger partial charge on any atom is -0.268 e. The molecule has 1 aliphatic rings. The molecule has 0 spiro atoms. The molecule has 1 aromatic heterocycles. The molecule has 8 heteroatoms. The molecule has 0 saturated heterocycles. The van der Waals surface area contributed by atoms with Crippen molar-refractivity contribution in [1.29, 1.82) is 0 Å². The summed E-state index contributed by atoms with van der Waals surface area (Å²) in [6, 6.07) is 7.99. The Bertz CT molecular complexity index is 919. The van der Waals surface area contributed by atoms with E-state index in [-0.39, 0.29) is 11.6 Å². The van der Waals surface area contributed by atoms with Crippen molar-refractivity contribution < 1.29 is 14.5 Å². The SMILES string of the molecule is CC1CCc2sc(C(=O)NNC(=O)C=Cc3ccccc3[N+](=O)[O-])cc2C1. The molecule has 1 aromatic carbocycles. The lowest BCUT2D eigenvalue weighted by Gasteiger charge is -2.16. The second kappa shape index (κ2) is 8.13. The van der Waals surface area contributed by atoms with Crippen LogP contribution in [0.1, 0.15) is 39.0 Å². The highest BCUT2D eigenvalue weighted by atomic mass is 32.1. The number of nitro benzene ring substituents is 1. The monoisotopic (exact) mass is 385 g/mol. The van der Waals surface area contributed by atoms with E-state index in [1.807, 2.05) is 6.07 Å². The van der Waals surface area contributed by atoms with E-state index in [4.69, 9.17) is 0 Å². The van der Waals surface area contributed by atoms with E-state index in [0.717, 1.165) is 25.3 Å². The van der Waals surface area contributed by atoms with Gasteiger partial charge in [-0.3, -0.25) is 30.6 Å². The van der Waals surface area contributed by atoms with Gasteiger partial charge in [0.05, 0.1) is 15.4 Å². The van der Waals surface area contributed by atoms with Crippen LogP contribution < -0.4 is 10.9 Å². The van der Waals surface area contributed by atoms with E-state index < -0.39 is 10.8 Å². The summed E-state index contributed by atoms with van der Waals surface area (Å²) in [4.78, 5) is 36.4. The number of fused-ring (bicyclic) bond motifs is 1. The first-order chi connectivity index (χ1) is 12.9. The molecule has 2 aromatic rings. The van der Waals surface area contributed by atoms with Crippen LogP contribution >= 0.6 is 11.3 Å². The fourth-order valence-corrected chi connectivity index (χ4v) is 4.10. The summed E-state index contributed by atoms with van der Waals surface area (Å²) in [5.74, 6) is -0.319. The Kier molecular flexibility index (Phi) is 5.66. The minimum atomic E-state index is -0.573. The van der Waals surface area contributed by atoms with Crippen LogP contribution in [-0.2, 0) is 17.6 Å². The molecule has 2 amide bonds. The summed E-state index contributed by atoms with van der Waals surface area (Å²) < 4.78 is 0. The third-order valence-electron chi connectivity index (χ3n) is 4.40. The number of aryl methyl sites for hydroxylation is 1. The van der Waals surface area contributed by atoms with Gasteiger partial charge in [-0.05, 0) is 49.0 Å². The van der Waals surface area contributed by atoms with Gasteiger partial charge in [0.2, 0.25) is 0 Å². The maximum Gasteiger partial charge on any atom is 0.279 e. The first-order valence-electron chi connectivity index (χ1n) is 8.57. The minimum absolute atomic E-state index is 0.0935. The second-order valence-corrected chi connectivity index (χ2v) is 7.64. The molecule has 7 nitrogen and oxygen atoms in total. The zero-order valence-electron chi connectivity index (χ0n) is 14.7. The van der Waals surface area contributed by atoms with Gasteiger partial charge in [0.25, 0.3) is 17.5 Å². The third-order valence-corrected chi connectivity index (χ3v) is 5.64. The Labute approximate surface area is 160 Å². The number of para-hydroxylation sites is 1.